The molecule has 0 spiro atoms. The molecule has 2 atom stereocenters. The van der Waals surface area contributed by atoms with Gasteiger partial charge in [-0.05, 0) is 37.1 Å². The van der Waals surface area contributed by atoms with Gasteiger partial charge in [0.1, 0.15) is 11.8 Å². The van der Waals surface area contributed by atoms with Crippen molar-refractivity contribution in [2.24, 2.45) is 0 Å². The Morgan fingerprint density at radius 3 is 3.06 bits per heavy atom. The van der Waals surface area contributed by atoms with Gasteiger partial charge in [0, 0.05) is 11.3 Å². The van der Waals surface area contributed by atoms with Gasteiger partial charge < -0.3 is 5.32 Å². The van der Waals surface area contributed by atoms with Crippen LogP contribution in [0, 0.1) is 11.3 Å². The van der Waals surface area contributed by atoms with E-state index in [1.54, 1.807) is 12.3 Å². The summed E-state index contributed by atoms with van der Waals surface area (Å²) < 4.78 is 0. The second kappa shape index (κ2) is 5.92. The molecule has 3 nitrogen and oxygen atoms in total. The quantitative estimate of drug-likeness (QED) is 0.888. The fraction of sp³-hybridized carbons (Fsp3) is 0.538. The molecule has 1 saturated carbocycles. The first-order valence-electron chi connectivity index (χ1n) is 6.06. The van der Waals surface area contributed by atoms with Crippen molar-refractivity contribution in [2.75, 3.05) is 11.1 Å². The van der Waals surface area contributed by atoms with Crippen molar-refractivity contribution in [2.45, 2.75) is 37.5 Å². The molecular weight excluding hydrogens is 230 g/mol. The smallest absolute Gasteiger partial charge is 0.140 e. The van der Waals surface area contributed by atoms with Crippen LogP contribution in [0.15, 0.2) is 18.3 Å². The third kappa shape index (κ3) is 3.37. The summed E-state index contributed by atoms with van der Waals surface area (Å²) in [5.41, 5.74) is 1.50. The van der Waals surface area contributed by atoms with Gasteiger partial charge in [0.05, 0.1) is 11.9 Å². The largest absolute Gasteiger partial charge is 0.381 e. The highest BCUT2D eigenvalue weighted by Crippen LogP contribution is 2.31. The molecule has 0 aliphatic heterocycles. The fourth-order valence-corrected chi connectivity index (χ4v) is 3.38. The van der Waals surface area contributed by atoms with Gasteiger partial charge in [-0.25, -0.2) is 4.98 Å². The first-order valence-corrected chi connectivity index (χ1v) is 7.11. The maximum Gasteiger partial charge on any atom is 0.140 e. The van der Waals surface area contributed by atoms with Crippen molar-refractivity contribution in [3.8, 4) is 6.07 Å². The lowest BCUT2D eigenvalue weighted by Crippen LogP contribution is -2.16. The second-order valence-electron chi connectivity index (χ2n) is 4.28. The molecule has 1 N–H and O–H groups in total. The molecule has 1 aromatic rings. The molecule has 1 fully saturated rings. The first kappa shape index (κ1) is 12.3. The molecule has 17 heavy (non-hydrogen) atoms. The van der Waals surface area contributed by atoms with E-state index in [1.807, 2.05) is 12.1 Å². The number of anilines is 1. The molecular formula is C13H17N3S. The van der Waals surface area contributed by atoms with Crippen LogP contribution >= 0.6 is 11.8 Å². The average Bonchev–Trinajstić information content (AvgIpc) is 2.78. The Morgan fingerprint density at radius 1 is 1.53 bits per heavy atom. The SMILES string of the molecule is CCSC1CCC(Nc2ccc(C#N)nc2)C1. The summed E-state index contributed by atoms with van der Waals surface area (Å²) in [4.78, 5) is 4.07. The Kier molecular flexibility index (Phi) is 4.27. The highest BCUT2D eigenvalue weighted by atomic mass is 32.2. The maximum atomic E-state index is 8.67. The number of hydrogen-bond acceptors (Lipinski definition) is 4. The van der Waals surface area contributed by atoms with Crippen LogP contribution in [-0.2, 0) is 0 Å². The number of nitriles is 1. The third-order valence-corrected chi connectivity index (χ3v) is 4.27. The molecule has 1 aliphatic carbocycles. The lowest BCUT2D eigenvalue weighted by atomic mass is 10.2. The number of rotatable bonds is 4. The van der Waals surface area contributed by atoms with Gasteiger partial charge >= 0.3 is 0 Å². The second-order valence-corrected chi connectivity index (χ2v) is 5.85. The van der Waals surface area contributed by atoms with Crippen LogP contribution in [0.1, 0.15) is 31.9 Å². The van der Waals surface area contributed by atoms with Gasteiger partial charge in [0.25, 0.3) is 0 Å². The van der Waals surface area contributed by atoms with E-state index in [4.69, 9.17) is 5.26 Å². The average molecular weight is 247 g/mol. The molecule has 2 unspecified atom stereocenters. The van der Waals surface area contributed by atoms with E-state index in [9.17, 15) is 0 Å². The predicted molar refractivity (Wildman–Crippen MR) is 72.1 cm³/mol. The number of nitrogens with zero attached hydrogens (tertiary/aromatic N) is 2. The number of hydrogen-bond donors (Lipinski definition) is 1. The molecule has 0 aromatic carbocycles. The first-order chi connectivity index (χ1) is 8.31. The molecule has 1 aromatic heterocycles. The van der Waals surface area contributed by atoms with Crippen LogP contribution in [0.5, 0.6) is 0 Å². The molecule has 1 heterocycles. The molecule has 4 heteroatoms. The Labute approximate surface area is 107 Å². The van der Waals surface area contributed by atoms with E-state index in [1.165, 1.54) is 25.0 Å². The normalized spacial score (nSPS) is 23.3. The molecule has 0 saturated heterocycles. The Hall–Kier alpha value is -1.21. The van der Waals surface area contributed by atoms with Gasteiger partial charge in [0.15, 0.2) is 0 Å². The van der Waals surface area contributed by atoms with Crippen molar-refractivity contribution < 1.29 is 0 Å². The standard InChI is InChI=1S/C13H17N3S/c1-2-17-13-6-5-10(7-13)16-12-4-3-11(8-14)15-9-12/h3-4,9-10,13,16H,2,5-7H2,1H3. The lowest BCUT2D eigenvalue weighted by molar-refractivity contribution is 0.756. The molecule has 90 valence electrons. The van der Waals surface area contributed by atoms with Gasteiger partial charge in [-0.3, -0.25) is 0 Å². The van der Waals surface area contributed by atoms with Crippen LogP contribution in [0.2, 0.25) is 0 Å². The van der Waals surface area contributed by atoms with E-state index >= 15 is 0 Å². The number of thioether (sulfide) groups is 1. The molecule has 2 rings (SSSR count). The van der Waals surface area contributed by atoms with Crippen LogP contribution in [-0.4, -0.2) is 22.0 Å². The highest BCUT2D eigenvalue weighted by molar-refractivity contribution is 7.99. The minimum absolute atomic E-state index is 0.474. The molecule has 0 radical (unpaired) electrons. The molecule has 1 aliphatic rings. The summed E-state index contributed by atoms with van der Waals surface area (Å²) in [5, 5.41) is 13.0. The molecule has 0 amide bonds. The Balaban J connectivity index is 1.87. The van der Waals surface area contributed by atoms with Crippen molar-refractivity contribution in [3.05, 3.63) is 24.0 Å². The van der Waals surface area contributed by atoms with Gasteiger partial charge in [-0.1, -0.05) is 6.92 Å². The van der Waals surface area contributed by atoms with E-state index < -0.39 is 0 Å². The van der Waals surface area contributed by atoms with Crippen molar-refractivity contribution in [1.29, 1.82) is 5.26 Å². The van der Waals surface area contributed by atoms with Crippen molar-refractivity contribution in [3.63, 3.8) is 0 Å². The number of pyridine rings is 1. The number of aromatic nitrogens is 1. The maximum absolute atomic E-state index is 8.67. The van der Waals surface area contributed by atoms with Gasteiger partial charge in [-0.15, -0.1) is 0 Å². The third-order valence-electron chi connectivity index (χ3n) is 3.04. The summed E-state index contributed by atoms with van der Waals surface area (Å²) in [5.74, 6) is 1.20. The minimum atomic E-state index is 0.474. The van der Waals surface area contributed by atoms with E-state index in [0.717, 1.165) is 10.9 Å². The van der Waals surface area contributed by atoms with Gasteiger partial charge in [-0.2, -0.15) is 17.0 Å². The van der Waals surface area contributed by atoms with Crippen LogP contribution in [0.4, 0.5) is 5.69 Å². The van der Waals surface area contributed by atoms with E-state index in [-0.39, 0.29) is 0 Å². The highest BCUT2D eigenvalue weighted by Gasteiger charge is 2.24. The van der Waals surface area contributed by atoms with Gasteiger partial charge in [0.2, 0.25) is 0 Å². The summed E-state index contributed by atoms with van der Waals surface area (Å²) in [7, 11) is 0. The Morgan fingerprint density at radius 2 is 2.41 bits per heavy atom. The zero-order chi connectivity index (χ0) is 12.1. The predicted octanol–water partition coefficient (Wildman–Crippen LogP) is 3.04. The Bertz CT molecular complexity index is 396. The van der Waals surface area contributed by atoms with Crippen molar-refractivity contribution >= 4 is 17.4 Å². The van der Waals surface area contributed by atoms with Crippen molar-refractivity contribution in [1.82, 2.24) is 4.98 Å². The molecule has 0 bridgehead atoms. The summed E-state index contributed by atoms with van der Waals surface area (Å²) in [6.07, 6.45) is 5.52. The van der Waals surface area contributed by atoms with Crippen LogP contribution < -0.4 is 5.32 Å². The topological polar surface area (TPSA) is 48.7 Å². The zero-order valence-corrected chi connectivity index (χ0v) is 10.8. The fourth-order valence-electron chi connectivity index (χ4n) is 2.24. The summed E-state index contributed by atoms with van der Waals surface area (Å²) in [6.45, 7) is 2.22. The lowest BCUT2D eigenvalue weighted by Gasteiger charge is -2.14. The van der Waals surface area contributed by atoms with E-state index in [2.05, 4.69) is 29.0 Å². The zero-order valence-electron chi connectivity index (χ0n) is 10.0. The van der Waals surface area contributed by atoms with Crippen LogP contribution in [0.25, 0.3) is 0 Å². The van der Waals surface area contributed by atoms with Crippen LogP contribution in [0.3, 0.4) is 0 Å². The minimum Gasteiger partial charge on any atom is -0.381 e. The number of nitrogens with one attached hydrogen (secondary N) is 1. The van der Waals surface area contributed by atoms with E-state index in [0.29, 0.717) is 11.7 Å². The summed E-state index contributed by atoms with van der Waals surface area (Å²) >= 11 is 2.06. The monoisotopic (exact) mass is 247 g/mol. The summed E-state index contributed by atoms with van der Waals surface area (Å²) in [6, 6.07) is 6.29.